The van der Waals surface area contributed by atoms with Crippen molar-refractivity contribution in [3.8, 4) is 0 Å². The monoisotopic (exact) mass is 372 g/mol. The van der Waals surface area contributed by atoms with Gasteiger partial charge in [-0.05, 0) is 38.1 Å². The Morgan fingerprint density at radius 1 is 1.04 bits per heavy atom. The van der Waals surface area contributed by atoms with Gasteiger partial charge >= 0.3 is 0 Å². The van der Waals surface area contributed by atoms with Crippen LogP contribution in [0.25, 0.3) is 0 Å². The van der Waals surface area contributed by atoms with Gasteiger partial charge in [0.2, 0.25) is 11.8 Å². The van der Waals surface area contributed by atoms with Crippen molar-refractivity contribution >= 4 is 17.5 Å². The lowest BCUT2D eigenvalue weighted by Gasteiger charge is -2.22. The molecule has 0 saturated heterocycles. The molecule has 146 valence electrons. The molecular formula is C20H28N4O3. The van der Waals surface area contributed by atoms with Gasteiger partial charge in [0.05, 0.1) is 5.54 Å². The number of rotatable bonds is 5. The highest BCUT2D eigenvalue weighted by Gasteiger charge is 2.31. The first-order chi connectivity index (χ1) is 12.4. The van der Waals surface area contributed by atoms with Crippen LogP contribution in [0, 0.1) is 5.92 Å². The van der Waals surface area contributed by atoms with Gasteiger partial charge in [0, 0.05) is 22.6 Å². The molecule has 0 fully saturated rings. The number of carbonyl (C=O) groups excluding carboxylic acids is 2. The molecule has 0 bridgehead atoms. The Morgan fingerprint density at radius 3 is 2.11 bits per heavy atom. The molecule has 2 amide bonds. The van der Waals surface area contributed by atoms with Gasteiger partial charge in [-0.2, -0.15) is 4.98 Å². The first-order valence-corrected chi connectivity index (χ1v) is 8.98. The average Bonchev–Trinajstić information content (AvgIpc) is 3.06. The number of amides is 2. The molecule has 0 aliphatic rings. The lowest BCUT2D eigenvalue weighted by molar-refractivity contribution is -0.118. The quantitative estimate of drug-likeness (QED) is 0.835. The van der Waals surface area contributed by atoms with Gasteiger partial charge in [-0.1, -0.05) is 39.8 Å². The molecule has 2 aromatic rings. The molecule has 2 N–H and O–H groups in total. The van der Waals surface area contributed by atoms with E-state index >= 15 is 0 Å². The van der Waals surface area contributed by atoms with Gasteiger partial charge < -0.3 is 15.2 Å². The normalized spacial score (nSPS) is 12.1. The largest absolute Gasteiger partial charge is 0.340 e. The van der Waals surface area contributed by atoms with Crippen molar-refractivity contribution in [2.75, 3.05) is 5.32 Å². The van der Waals surface area contributed by atoms with E-state index in [9.17, 15) is 9.59 Å². The number of aromatic nitrogens is 2. The molecule has 1 aromatic heterocycles. The number of nitrogens with zero attached hydrogens (tertiary/aromatic N) is 2. The summed E-state index contributed by atoms with van der Waals surface area (Å²) in [6.07, 6.45) is 0. The maximum Gasteiger partial charge on any atom is 0.252 e. The first-order valence-electron chi connectivity index (χ1n) is 8.98. The summed E-state index contributed by atoms with van der Waals surface area (Å²) in [5.74, 6) is 0.498. The van der Waals surface area contributed by atoms with Gasteiger partial charge in [-0.15, -0.1) is 0 Å². The molecule has 0 aliphatic heterocycles. The van der Waals surface area contributed by atoms with Crippen LogP contribution >= 0.6 is 0 Å². The third kappa shape index (κ3) is 5.15. The Hall–Kier alpha value is -2.70. The Kier molecular flexibility index (Phi) is 5.73. The zero-order chi connectivity index (χ0) is 20.4. The van der Waals surface area contributed by atoms with Crippen LogP contribution in [0.5, 0.6) is 0 Å². The van der Waals surface area contributed by atoms with Crippen LogP contribution in [0.3, 0.4) is 0 Å². The average molecular weight is 372 g/mol. The van der Waals surface area contributed by atoms with Crippen LogP contribution in [0.2, 0.25) is 0 Å². The number of carbonyl (C=O) groups is 2. The van der Waals surface area contributed by atoms with Crippen molar-refractivity contribution in [1.29, 1.82) is 0 Å². The molecule has 1 aromatic carbocycles. The van der Waals surface area contributed by atoms with E-state index in [1.54, 1.807) is 24.3 Å². The molecule has 0 atom stereocenters. The topological polar surface area (TPSA) is 97.1 Å². The number of nitrogens with one attached hydrogen (secondary N) is 2. The highest BCUT2D eigenvalue weighted by molar-refractivity contribution is 5.96. The molecule has 0 aliphatic carbocycles. The van der Waals surface area contributed by atoms with Gasteiger partial charge in [0.1, 0.15) is 0 Å². The van der Waals surface area contributed by atoms with Gasteiger partial charge in [-0.3, -0.25) is 9.59 Å². The molecule has 1 heterocycles. The fourth-order valence-corrected chi connectivity index (χ4v) is 2.19. The second-order valence-corrected chi connectivity index (χ2v) is 8.47. The second kappa shape index (κ2) is 7.50. The zero-order valence-electron chi connectivity index (χ0n) is 17.0. The van der Waals surface area contributed by atoms with Crippen molar-refractivity contribution in [1.82, 2.24) is 15.5 Å². The van der Waals surface area contributed by atoms with E-state index in [4.69, 9.17) is 4.52 Å². The van der Waals surface area contributed by atoms with Gasteiger partial charge in [0.15, 0.2) is 5.82 Å². The van der Waals surface area contributed by atoms with Crippen LogP contribution in [0.15, 0.2) is 28.8 Å². The van der Waals surface area contributed by atoms with Crippen LogP contribution in [-0.4, -0.2) is 22.0 Å². The highest BCUT2D eigenvalue weighted by Crippen LogP contribution is 2.24. The summed E-state index contributed by atoms with van der Waals surface area (Å²) in [5.41, 5.74) is 0.0681. The number of anilines is 1. The van der Waals surface area contributed by atoms with Crippen molar-refractivity contribution in [3.63, 3.8) is 0 Å². The van der Waals surface area contributed by atoms with Gasteiger partial charge in [-0.25, -0.2) is 0 Å². The van der Waals surface area contributed by atoms with E-state index in [2.05, 4.69) is 20.8 Å². The Balaban J connectivity index is 2.09. The second-order valence-electron chi connectivity index (χ2n) is 8.47. The number of hydrogen-bond acceptors (Lipinski definition) is 5. The molecule has 0 unspecified atom stereocenters. The maximum absolute atomic E-state index is 12.6. The van der Waals surface area contributed by atoms with E-state index in [0.717, 1.165) is 0 Å². The van der Waals surface area contributed by atoms with Crippen molar-refractivity contribution in [3.05, 3.63) is 41.5 Å². The van der Waals surface area contributed by atoms with Crippen LogP contribution in [0.4, 0.5) is 5.69 Å². The first kappa shape index (κ1) is 20.6. The van der Waals surface area contributed by atoms with E-state index < -0.39 is 5.54 Å². The minimum absolute atomic E-state index is 0.0694. The summed E-state index contributed by atoms with van der Waals surface area (Å²) < 4.78 is 5.32. The van der Waals surface area contributed by atoms with E-state index in [1.165, 1.54) is 0 Å². The summed E-state index contributed by atoms with van der Waals surface area (Å²) in [7, 11) is 0. The lowest BCUT2D eigenvalue weighted by atomic mass is 9.96. The molecule has 7 nitrogen and oxygen atoms in total. The highest BCUT2D eigenvalue weighted by atomic mass is 16.5. The molecule has 27 heavy (non-hydrogen) atoms. The minimum Gasteiger partial charge on any atom is -0.340 e. The van der Waals surface area contributed by atoms with Crippen LogP contribution in [0.1, 0.15) is 70.5 Å². The molecule has 0 spiro atoms. The SMILES string of the molecule is CC(C)C(=O)Nc1ccc(C(=O)NC(C)(C)c2noc(C(C)(C)C)n2)cc1. The van der Waals surface area contributed by atoms with Crippen molar-refractivity contribution in [2.45, 2.75) is 59.4 Å². The number of hydrogen-bond donors (Lipinski definition) is 2. The molecule has 7 heteroatoms. The summed E-state index contributed by atoms with van der Waals surface area (Å²) in [6, 6.07) is 6.73. The summed E-state index contributed by atoms with van der Waals surface area (Å²) in [6.45, 7) is 13.2. The Bertz CT molecular complexity index is 814. The summed E-state index contributed by atoms with van der Waals surface area (Å²) >= 11 is 0. The fourth-order valence-electron chi connectivity index (χ4n) is 2.19. The van der Waals surface area contributed by atoms with Gasteiger partial charge in [0.25, 0.3) is 5.91 Å². The summed E-state index contributed by atoms with van der Waals surface area (Å²) in [5, 5.41) is 9.73. The predicted octanol–water partition coefficient (Wildman–Crippen LogP) is 3.63. The van der Waals surface area contributed by atoms with Crippen molar-refractivity contribution < 1.29 is 14.1 Å². The standard InChI is InChI=1S/C20H28N4O3/c1-12(2)15(25)21-14-10-8-13(9-11-14)16(26)23-20(6,7)17-22-18(27-24-17)19(3,4)5/h8-12H,1-7H3,(H,21,25)(H,23,26). The third-order valence-corrected chi connectivity index (χ3v) is 3.99. The van der Waals surface area contributed by atoms with Crippen LogP contribution in [-0.2, 0) is 15.7 Å². The van der Waals surface area contributed by atoms with E-state index in [-0.39, 0.29) is 23.1 Å². The van der Waals surface area contributed by atoms with Crippen LogP contribution < -0.4 is 10.6 Å². The predicted molar refractivity (Wildman–Crippen MR) is 103 cm³/mol. The Labute approximate surface area is 159 Å². The molecule has 0 saturated carbocycles. The minimum atomic E-state index is -0.797. The van der Waals surface area contributed by atoms with Crippen molar-refractivity contribution in [2.24, 2.45) is 5.92 Å². The van der Waals surface area contributed by atoms with E-state index in [0.29, 0.717) is 23.0 Å². The number of benzene rings is 1. The summed E-state index contributed by atoms with van der Waals surface area (Å²) in [4.78, 5) is 28.8. The maximum atomic E-state index is 12.6. The third-order valence-electron chi connectivity index (χ3n) is 3.99. The molecular weight excluding hydrogens is 344 g/mol. The molecule has 2 rings (SSSR count). The van der Waals surface area contributed by atoms with E-state index in [1.807, 2.05) is 48.5 Å². The lowest BCUT2D eigenvalue weighted by Crippen LogP contribution is -2.42. The fraction of sp³-hybridized carbons (Fsp3) is 0.500. The Morgan fingerprint density at radius 2 is 1.63 bits per heavy atom. The molecule has 0 radical (unpaired) electrons. The smallest absolute Gasteiger partial charge is 0.252 e. The zero-order valence-corrected chi connectivity index (χ0v) is 17.0.